The fraction of sp³-hybridized carbons (Fsp3) is 0.625. The van der Waals surface area contributed by atoms with Crippen LogP contribution in [0.3, 0.4) is 0 Å². The van der Waals surface area contributed by atoms with Gasteiger partial charge in [0.05, 0.1) is 19.3 Å². The van der Waals surface area contributed by atoms with Gasteiger partial charge in [0.15, 0.2) is 11.5 Å². The molecule has 0 amide bonds. The van der Waals surface area contributed by atoms with E-state index < -0.39 is 12.7 Å². The van der Waals surface area contributed by atoms with Crippen molar-refractivity contribution in [1.82, 2.24) is 0 Å². The summed E-state index contributed by atoms with van der Waals surface area (Å²) < 4.78 is 40.4. The minimum absolute atomic E-state index is 0.0201. The van der Waals surface area contributed by atoms with Crippen molar-refractivity contribution in [1.29, 1.82) is 0 Å². The average Bonchev–Trinajstić information content (AvgIpc) is 2.99. The van der Waals surface area contributed by atoms with E-state index in [4.69, 9.17) is 9.47 Å². The maximum atomic E-state index is 12.5. The Morgan fingerprint density at radius 2 is 2.18 bits per heavy atom. The molecular formula is C16H22F2O4. The van der Waals surface area contributed by atoms with E-state index in [0.29, 0.717) is 31.6 Å². The first-order valence-electron chi connectivity index (χ1n) is 7.61. The largest absolute Gasteiger partial charge is 0.484 e. The first kappa shape index (κ1) is 17.0. The van der Waals surface area contributed by atoms with Crippen LogP contribution >= 0.6 is 0 Å². The van der Waals surface area contributed by atoms with E-state index >= 15 is 0 Å². The molecule has 1 aliphatic rings. The van der Waals surface area contributed by atoms with Crippen LogP contribution in [-0.2, 0) is 4.74 Å². The molecule has 0 saturated carbocycles. The fourth-order valence-electron chi connectivity index (χ4n) is 2.37. The second kappa shape index (κ2) is 8.29. The summed E-state index contributed by atoms with van der Waals surface area (Å²) >= 11 is 0. The summed E-state index contributed by atoms with van der Waals surface area (Å²) in [7, 11) is 0. The molecule has 0 aliphatic carbocycles. The van der Waals surface area contributed by atoms with Gasteiger partial charge in [0.25, 0.3) is 0 Å². The standard InChI is InChI=1S/C16H22F2O4/c1-2-3-4-13(19)11-5-6-14(22-16(17)18)15(9-11)21-12-7-8-20-10-12/h5-6,9,12-13,16,19H,2-4,7-8,10H2,1H3. The second-order valence-electron chi connectivity index (χ2n) is 5.35. The molecule has 124 valence electrons. The Kier molecular flexibility index (Phi) is 6.39. The average molecular weight is 316 g/mol. The molecule has 1 N–H and O–H groups in total. The molecule has 4 nitrogen and oxygen atoms in total. The van der Waals surface area contributed by atoms with Gasteiger partial charge in [-0.2, -0.15) is 8.78 Å². The number of aliphatic hydroxyl groups excluding tert-OH is 1. The van der Waals surface area contributed by atoms with Crippen molar-refractivity contribution in [3.05, 3.63) is 23.8 Å². The minimum Gasteiger partial charge on any atom is -0.484 e. The zero-order chi connectivity index (χ0) is 15.9. The van der Waals surface area contributed by atoms with E-state index in [-0.39, 0.29) is 17.6 Å². The number of ether oxygens (including phenoxy) is 3. The number of unbranched alkanes of at least 4 members (excludes halogenated alkanes) is 1. The summed E-state index contributed by atoms with van der Waals surface area (Å²) in [5.41, 5.74) is 0.643. The molecule has 1 aliphatic heterocycles. The van der Waals surface area contributed by atoms with Crippen molar-refractivity contribution >= 4 is 0 Å². The Balaban J connectivity index is 2.15. The maximum absolute atomic E-state index is 12.5. The summed E-state index contributed by atoms with van der Waals surface area (Å²) in [5.74, 6) is 0.206. The smallest absolute Gasteiger partial charge is 0.387 e. The van der Waals surface area contributed by atoms with Gasteiger partial charge in [0.1, 0.15) is 6.10 Å². The SMILES string of the molecule is CCCCC(O)c1ccc(OC(F)F)c(OC2CCOC2)c1. The summed E-state index contributed by atoms with van der Waals surface area (Å²) in [5, 5.41) is 10.1. The van der Waals surface area contributed by atoms with E-state index in [1.54, 1.807) is 12.1 Å². The van der Waals surface area contributed by atoms with Gasteiger partial charge < -0.3 is 19.3 Å². The summed E-state index contributed by atoms with van der Waals surface area (Å²) in [6, 6.07) is 4.59. The van der Waals surface area contributed by atoms with Crippen LogP contribution in [0.4, 0.5) is 8.78 Å². The monoisotopic (exact) mass is 316 g/mol. The second-order valence-corrected chi connectivity index (χ2v) is 5.35. The molecule has 6 heteroatoms. The Bertz CT molecular complexity index is 461. The quantitative estimate of drug-likeness (QED) is 0.795. The van der Waals surface area contributed by atoms with E-state index in [2.05, 4.69) is 4.74 Å². The molecule has 0 aromatic heterocycles. The van der Waals surface area contributed by atoms with Crippen LogP contribution in [0.5, 0.6) is 11.5 Å². The molecule has 2 unspecified atom stereocenters. The molecular weight excluding hydrogens is 294 g/mol. The van der Waals surface area contributed by atoms with Crippen LogP contribution in [0.2, 0.25) is 0 Å². The van der Waals surface area contributed by atoms with E-state index in [1.165, 1.54) is 6.07 Å². The molecule has 1 aromatic carbocycles. The number of rotatable bonds is 8. The number of benzene rings is 1. The van der Waals surface area contributed by atoms with Crippen LogP contribution < -0.4 is 9.47 Å². The van der Waals surface area contributed by atoms with Gasteiger partial charge >= 0.3 is 6.61 Å². The summed E-state index contributed by atoms with van der Waals surface area (Å²) in [4.78, 5) is 0. The van der Waals surface area contributed by atoms with Crippen molar-refractivity contribution in [2.75, 3.05) is 13.2 Å². The lowest BCUT2D eigenvalue weighted by Gasteiger charge is -2.18. The van der Waals surface area contributed by atoms with E-state index in [0.717, 1.165) is 12.8 Å². The summed E-state index contributed by atoms with van der Waals surface area (Å²) in [6.07, 6.45) is 2.38. The summed E-state index contributed by atoms with van der Waals surface area (Å²) in [6.45, 7) is 0.143. The lowest BCUT2D eigenvalue weighted by Crippen LogP contribution is -2.17. The zero-order valence-electron chi connectivity index (χ0n) is 12.6. The molecule has 1 fully saturated rings. The fourth-order valence-corrected chi connectivity index (χ4v) is 2.37. The van der Waals surface area contributed by atoms with Crippen molar-refractivity contribution < 1.29 is 28.1 Å². The van der Waals surface area contributed by atoms with Gasteiger partial charge in [0, 0.05) is 6.42 Å². The highest BCUT2D eigenvalue weighted by Crippen LogP contribution is 2.34. The molecule has 0 spiro atoms. The molecule has 2 rings (SSSR count). The highest BCUT2D eigenvalue weighted by molar-refractivity contribution is 5.44. The Morgan fingerprint density at radius 1 is 1.36 bits per heavy atom. The van der Waals surface area contributed by atoms with Crippen LogP contribution in [0.15, 0.2) is 18.2 Å². The molecule has 22 heavy (non-hydrogen) atoms. The van der Waals surface area contributed by atoms with Crippen LogP contribution in [0, 0.1) is 0 Å². The van der Waals surface area contributed by atoms with E-state index in [9.17, 15) is 13.9 Å². The number of aliphatic hydroxyl groups is 1. The highest BCUT2D eigenvalue weighted by Gasteiger charge is 2.21. The van der Waals surface area contributed by atoms with Crippen molar-refractivity contribution in [2.24, 2.45) is 0 Å². The third-order valence-electron chi connectivity index (χ3n) is 3.58. The topological polar surface area (TPSA) is 47.9 Å². The first-order chi connectivity index (χ1) is 10.6. The van der Waals surface area contributed by atoms with Gasteiger partial charge in [-0.3, -0.25) is 0 Å². The predicted molar refractivity (Wildman–Crippen MR) is 77.4 cm³/mol. The van der Waals surface area contributed by atoms with Crippen molar-refractivity contribution in [3.63, 3.8) is 0 Å². The Labute approximate surface area is 129 Å². The normalized spacial score (nSPS) is 19.4. The number of halogens is 2. The molecule has 2 atom stereocenters. The molecule has 1 saturated heterocycles. The Morgan fingerprint density at radius 3 is 2.82 bits per heavy atom. The first-order valence-corrected chi connectivity index (χ1v) is 7.61. The number of hydrogen-bond acceptors (Lipinski definition) is 4. The molecule has 0 bridgehead atoms. The molecule has 0 radical (unpaired) electrons. The Hall–Kier alpha value is -1.40. The lowest BCUT2D eigenvalue weighted by molar-refractivity contribution is -0.0521. The van der Waals surface area contributed by atoms with Gasteiger partial charge in [0.2, 0.25) is 0 Å². The van der Waals surface area contributed by atoms with Crippen LogP contribution in [0.25, 0.3) is 0 Å². The highest BCUT2D eigenvalue weighted by atomic mass is 19.3. The molecule has 1 aromatic rings. The van der Waals surface area contributed by atoms with Gasteiger partial charge in [-0.1, -0.05) is 25.8 Å². The predicted octanol–water partition coefficient (Wildman–Crippen LogP) is 3.68. The third-order valence-corrected chi connectivity index (χ3v) is 3.58. The minimum atomic E-state index is -2.92. The maximum Gasteiger partial charge on any atom is 0.387 e. The van der Waals surface area contributed by atoms with Crippen LogP contribution in [-0.4, -0.2) is 31.0 Å². The van der Waals surface area contributed by atoms with Gasteiger partial charge in [-0.25, -0.2) is 0 Å². The number of hydrogen-bond donors (Lipinski definition) is 1. The van der Waals surface area contributed by atoms with Crippen molar-refractivity contribution in [3.8, 4) is 11.5 Å². The van der Waals surface area contributed by atoms with E-state index in [1.807, 2.05) is 6.92 Å². The van der Waals surface area contributed by atoms with Crippen molar-refractivity contribution in [2.45, 2.75) is 51.4 Å². The third kappa shape index (κ3) is 4.81. The zero-order valence-corrected chi connectivity index (χ0v) is 12.6. The number of alkyl halides is 2. The van der Waals surface area contributed by atoms with Gasteiger partial charge in [-0.15, -0.1) is 0 Å². The lowest BCUT2D eigenvalue weighted by atomic mass is 10.0. The van der Waals surface area contributed by atoms with Crippen LogP contribution in [0.1, 0.15) is 44.3 Å². The molecule has 1 heterocycles. The van der Waals surface area contributed by atoms with Gasteiger partial charge in [-0.05, 0) is 24.1 Å².